The Kier molecular flexibility index (Phi) is 3.08. The molecule has 0 amide bonds. The maximum atomic E-state index is 10.7. The van der Waals surface area contributed by atoms with Crippen molar-refractivity contribution in [3.63, 3.8) is 0 Å². The molecule has 0 saturated carbocycles. The number of hydrogen-bond donors (Lipinski definition) is 3. The van der Waals surface area contributed by atoms with Gasteiger partial charge in [-0.1, -0.05) is 13.5 Å². The molecule has 13 heavy (non-hydrogen) atoms. The van der Waals surface area contributed by atoms with E-state index in [1.54, 1.807) is 6.07 Å². The molecule has 0 aliphatic carbocycles. The van der Waals surface area contributed by atoms with Crippen molar-refractivity contribution < 1.29 is 0 Å². The highest BCUT2D eigenvalue weighted by atomic mass is 16.1. The van der Waals surface area contributed by atoms with E-state index in [4.69, 9.17) is 0 Å². The molecule has 3 N–H and O–H groups in total. The second-order valence-electron chi connectivity index (χ2n) is 2.50. The molecule has 0 bridgehead atoms. The summed E-state index contributed by atoms with van der Waals surface area (Å²) in [5.41, 5.74) is 6.09. The summed E-state index contributed by atoms with van der Waals surface area (Å²) in [5, 5.41) is 0. The fraction of sp³-hybridized carbons (Fsp3) is 0.250. The minimum atomic E-state index is -0.381. The molecule has 0 fully saturated rings. The minimum absolute atomic E-state index is 0.381. The molecule has 0 radical (unpaired) electrons. The van der Waals surface area contributed by atoms with E-state index >= 15 is 0 Å². The Morgan fingerprint density at radius 3 is 3.15 bits per heavy atom. The number of anilines is 1. The molecule has 0 spiro atoms. The van der Waals surface area contributed by atoms with Gasteiger partial charge in [-0.25, -0.2) is 9.78 Å². The average molecular weight is 180 g/mol. The number of nitrogens with zero attached hydrogens (tertiary/aromatic N) is 1. The Morgan fingerprint density at radius 2 is 2.54 bits per heavy atom. The lowest BCUT2D eigenvalue weighted by Gasteiger charge is -2.09. The predicted octanol–water partition coefficient (Wildman–Crippen LogP) is 0.610. The third-order valence-electron chi connectivity index (χ3n) is 1.48. The van der Waals surface area contributed by atoms with Crippen LogP contribution < -0.4 is 16.5 Å². The van der Waals surface area contributed by atoms with Crippen LogP contribution in [0.4, 0.5) is 5.82 Å². The van der Waals surface area contributed by atoms with Gasteiger partial charge in [-0.3, -0.25) is 10.4 Å². The predicted molar refractivity (Wildman–Crippen MR) is 51.0 cm³/mol. The van der Waals surface area contributed by atoms with Crippen molar-refractivity contribution in [2.75, 3.05) is 5.43 Å². The highest BCUT2D eigenvalue weighted by Gasteiger charge is 1.91. The monoisotopic (exact) mass is 180 g/mol. The van der Waals surface area contributed by atoms with Crippen molar-refractivity contribution in [3.05, 3.63) is 35.0 Å². The first kappa shape index (κ1) is 9.31. The van der Waals surface area contributed by atoms with Gasteiger partial charge in [-0.05, 0) is 12.5 Å². The summed E-state index contributed by atoms with van der Waals surface area (Å²) in [5.74, 6) is 0.564. The highest BCUT2D eigenvalue weighted by Crippen LogP contribution is 1.95. The third-order valence-corrected chi connectivity index (χ3v) is 1.48. The normalized spacial score (nSPS) is 9.31. The minimum Gasteiger partial charge on any atom is -0.304 e. The van der Waals surface area contributed by atoms with E-state index in [1.165, 1.54) is 6.20 Å². The van der Waals surface area contributed by atoms with Crippen LogP contribution in [-0.4, -0.2) is 9.97 Å². The Labute approximate surface area is 75.9 Å². The smallest absolute Gasteiger partial charge is 0.304 e. The number of aromatic amines is 1. The molecular formula is C8H12N4O. The molecule has 1 heterocycles. The lowest BCUT2D eigenvalue weighted by atomic mass is 10.4. The summed E-state index contributed by atoms with van der Waals surface area (Å²) >= 11 is 0. The standard InChI is InChI=1S/C8H12N4O/c1-3-6(2)11-12-7-4-5-9-8(13)10-7/h4-5,11H,2-3H2,1H3,(H2,9,10,12,13). The van der Waals surface area contributed by atoms with Crippen LogP contribution in [0.2, 0.25) is 0 Å². The van der Waals surface area contributed by atoms with Gasteiger partial charge in [-0.2, -0.15) is 0 Å². The summed E-state index contributed by atoms with van der Waals surface area (Å²) in [6.07, 6.45) is 2.25. The van der Waals surface area contributed by atoms with Crippen LogP contribution in [0.5, 0.6) is 0 Å². The SMILES string of the molecule is C=C(CC)NNc1ccnc(=O)[nH]1. The van der Waals surface area contributed by atoms with Crippen LogP contribution in [-0.2, 0) is 0 Å². The van der Waals surface area contributed by atoms with Gasteiger partial charge in [0.05, 0.1) is 0 Å². The number of hydrazine groups is 1. The molecule has 70 valence electrons. The number of nitrogens with one attached hydrogen (secondary N) is 3. The third kappa shape index (κ3) is 2.98. The van der Waals surface area contributed by atoms with Gasteiger partial charge >= 0.3 is 5.69 Å². The number of rotatable bonds is 4. The Balaban J connectivity index is 2.55. The van der Waals surface area contributed by atoms with Crippen LogP contribution >= 0.6 is 0 Å². The summed E-state index contributed by atoms with van der Waals surface area (Å²) < 4.78 is 0. The Hall–Kier alpha value is -1.78. The number of H-pyrrole nitrogens is 1. The fourth-order valence-corrected chi connectivity index (χ4v) is 0.686. The van der Waals surface area contributed by atoms with Crippen LogP contribution in [0, 0.1) is 0 Å². The average Bonchev–Trinajstić information content (AvgIpc) is 2.14. The molecule has 5 nitrogen and oxygen atoms in total. The van der Waals surface area contributed by atoms with Crippen molar-refractivity contribution in [2.24, 2.45) is 0 Å². The molecule has 1 rings (SSSR count). The van der Waals surface area contributed by atoms with E-state index in [0.29, 0.717) is 5.82 Å². The van der Waals surface area contributed by atoms with Crippen molar-refractivity contribution in [2.45, 2.75) is 13.3 Å². The summed E-state index contributed by atoms with van der Waals surface area (Å²) in [6.45, 7) is 5.71. The first-order valence-electron chi connectivity index (χ1n) is 3.97. The molecule has 0 aliphatic rings. The maximum Gasteiger partial charge on any atom is 0.346 e. The fourth-order valence-electron chi connectivity index (χ4n) is 0.686. The maximum absolute atomic E-state index is 10.7. The van der Waals surface area contributed by atoms with Gasteiger partial charge in [0.25, 0.3) is 0 Å². The first-order valence-corrected chi connectivity index (χ1v) is 3.97. The number of aromatic nitrogens is 2. The van der Waals surface area contributed by atoms with E-state index in [9.17, 15) is 4.79 Å². The van der Waals surface area contributed by atoms with Gasteiger partial charge in [0.15, 0.2) is 0 Å². The largest absolute Gasteiger partial charge is 0.346 e. The zero-order chi connectivity index (χ0) is 9.68. The van der Waals surface area contributed by atoms with Crippen LogP contribution in [0.15, 0.2) is 29.3 Å². The van der Waals surface area contributed by atoms with E-state index in [-0.39, 0.29) is 5.69 Å². The van der Waals surface area contributed by atoms with Crippen molar-refractivity contribution in [1.29, 1.82) is 0 Å². The van der Waals surface area contributed by atoms with Crippen LogP contribution in [0.3, 0.4) is 0 Å². The van der Waals surface area contributed by atoms with E-state index in [0.717, 1.165) is 12.1 Å². The quantitative estimate of drug-likeness (QED) is 0.594. The van der Waals surface area contributed by atoms with Crippen molar-refractivity contribution in [1.82, 2.24) is 15.4 Å². The lowest BCUT2D eigenvalue weighted by molar-refractivity contribution is 0.875. The van der Waals surface area contributed by atoms with Crippen LogP contribution in [0.1, 0.15) is 13.3 Å². The molecule has 0 atom stereocenters. The van der Waals surface area contributed by atoms with Crippen molar-refractivity contribution >= 4 is 5.82 Å². The summed E-state index contributed by atoms with van der Waals surface area (Å²) in [7, 11) is 0. The summed E-state index contributed by atoms with van der Waals surface area (Å²) in [6, 6.07) is 1.65. The zero-order valence-electron chi connectivity index (χ0n) is 7.42. The topological polar surface area (TPSA) is 69.8 Å². The zero-order valence-corrected chi connectivity index (χ0v) is 7.42. The molecule has 0 saturated heterocycles. The second kappa shape index (κ2) is 4.30. The molecule has 1 aromatic rings. The van der Waals surface area contributed by atoms with E-state index in [2.05, 4.69) is 27.4 Å². The molecular weight excluding hydrogens is 168 g/mol. The van der Waals surface area contributed by atoms with Gasteiger partial charge < -0.3 is 5.43 Å². The first-order chi connectivity index (χ1) is 6.22. The molecule has 5 heteroatoms. The Morgan fingerprint density at radius 1 is 1.77 bits per heavy atom. The molecule has 0 aliphatic heterocycles. The lowest BCUT2D eigenvalue weighted by Crippen LogP contribution is -2.23. The summed E-state index contributed by atoms with van der Waals surface area (Å²) in [4.78, 5) is 16.7. The molecule has 0 aromatic carbocycles. The van der Waals surface area contributed by atoms with E-state index in [1.807, 2.05) is 6.92 Å². The van der Waals surface area contributed by atoms with Crippen molar-refractivity contribution in [3.8, 4) is 0 Å². The number of hydrogen-bond acceptors (Lipinski definition) is 4. The van der Waals surface area contributed by atoms with Gasteiger partial charge in [-0.15, -0.1) is 0 Å². The van der Waals surface area contributed by atoms with Crippen LogP contribution in [0.25, 0.3) is 0 Å². The molecule has 1 aromatic heterocycles. The van der Waals surface area contributed by atoms with E-state index < -0.39 is 0 Å². The highest BCUT2D eigenvalue weighted by molar-refractivity contribution is 5.30. The Bertz CT molecular complexity index is 344. The van der Waals surface area contributed by atoms with Gasteiger partial charge in [0.2, 0.25) is 0 Å². The van der Waals surface area contributed by atoms with Gasteiger partial charge in [0.1, 0.15) is 5.82 Å². The number of allylic oxidation sites excluding steroid dienone is 1. The molecule has 0 unspecified atom stereocenters. The van der Waals surface area contributed by atoms with Gasteiger partial charge in [0, 0.05) is 11.9 Å². The second-order valence-corrected chi connectivity index (χ2v) is 2.50.